The Morgan fingerprint density at radius 1 is 1.29 bits per heavy atom. The number of hydrogen-bond acceptors (Lipinski definition) is 4. The van der Waals surface area contributed by atoms with Crippen molar-refractivity contribution in [1.29, 1.82) is 0 Å². The molecule has 0 atom stereocenters. The van der Waals surface area contributed by atoms with Gasteiger partial charge in [0.25, 0.3) is 5.69 Å². The number of benzene rings is 2. The summed E-state index contributed by atoms with van der Waals surface area (Å²) < 4.78 is 13.1. The van der Waals surface area contributed by atoms with Crippen molar-refractivity contribution in [3.8, 4) is 0 Å². The van der Waals surface area contributed by atoms with Gasteiger partial charge in [-0.15, -0.1) is 0 Å². The van der Waals surface area contributed by atoms with Gasteiger partial charge in [0.05, 0.1) is 15.6 Å². The maximum absolute atomic E-state index is 13.1. The first-order chi connectivity index (χ1) is 9.88. The molecular weight excluding hydrogens is 303 g/mol. The molecule has 0 aliphatic rings. The van der Waals surface area contributed by atoms with Crippen molar-refractivity contribution in [2.75, 3.05) is 5.32 Å². The highest BCUT2D eigenvalue weighted by molar-refractivity contribution is 6.33. The highest BCUT2D eigenvalue weighted by Crippen LogP contribution is 2.29. The van der Waals surface area contributed by atoms with Crippen LogP contribution >= 0.6 is 11.6 Å². The molecule has 0 bridgehead atoms. The van der Waals surface area contributed by atoms with Crippen LogP contribution in [0, 0.1) is 15.9 Å². The Balaban J connectivity index is 2.41. The van der Waals surface area contributed by atoms with E-state index in [1.165, 1.54) is 18.2 Å². The second-order valence-corrected chi connectivity index (χ2v) is 4.45. The molecule has 0 spiro atoms. The summed E-state index contributed by atoms with van der Waals surface area (Å²) in [6.45, 7) is 0. The van der Waals surface area contributed by atoms with Crippen LogP contribution in [-0.4, -0.2) is 16.0 Å². The van der Waals surface area contributed by atoms with Crippen LogP contribution in [0.1, 0.15) is 10.4 Å². The van der Waals surface area contributed by atoms with Gasteiger partial charge in [0.2, 0.25) is 0 Å². The third kappa shape index (κ3) is 3.26. The molecule has 2 rings (SSSR count). The van der Waals surface area contributed by atoms with Gasteiger partial charge in [0.1, 0.15) is 11.4 Å². The van der Waals surface area contributed by atoms with E-state index in [2.05, 4.69) is 5.32 Å². The van der Waals surface area contributed by atoms with Crippen LogP contribution in [0.25, 0.3) is 0 Å². The molecule has 8 heteroatoms. The number of nitro groups is 1. The molecule has 0 aliphatic carbocycles. The number of carbonyl (C=O) groups is 1. The van der Waals surface area contributed by atoms with Crippen molar-refractivity contribution in [2.45, 2.75) is 0 Å². The minimum atomic E-state index is -1.43. The third-order valence-corrected chi connectivity index (χ3v) is 2.96. The van der Waals surface area contributed by atoms with E-state index in [9.17, 15) is 19.3 Å². The molecule has 0 radical (unpaired) electrons. The van der Waals surface area contributed by atoms with Crippen LogP contribution in [0.3, 0.4) is 0 Å². The predicted octanol–water partition coefficient (Wildman–Crippen LogP) is 3.83. The average molecular weight is 311 g/mol. The second kappa shape index (κ2) is 5.76. The van der Waals surface area contributed by atoms with Crippen molar-refractivity contribution in [1.82, 2.24) is 0 Å². The molecule has 0 saturated carbocycles. The van der Waals surface area contributed by atoms with Crippen LogP contribution in [0.4, 0.5) is 21.5 Å². The number of hydrogen-bond donors (Lipinski definition) is 2. The van der Waals surface area contributed by atoms with E-state index in [4.69, 9.17) is 16.7 Å². The monoisotopic (exact) mass is 310 g/mol. The molecule has 2 aromatic carbocycles. The standard InChI is InChI=1S/C13H8ClFN2O4/c14-10-3-1-7(15)5-11(10)16-8-2-4-12(17(20)21)9(6-8)13(18)19/h1-6,16H,(H,18,19). The Labute approximate surface area is 122 Å². The van der Waals surface area contributed by atoms with E-state index in [0.29, 0.717) is 0 Å². The highest BCUT2D eigenvalue weighted by Gasteiger charge is 2.20. The fourth-order valence-corrected chi connectivity index (χ4v) is 1.86. The number of nitrogens with one attached hydrogen (secondary N) is 1. The number of aromatic carboxylic acids is 1. The Morgan fingerprint density at radius 2 is 2.00 bits per heavy atom. The first kappa shape index (κ1) is 14.7. The topological polar surface area (TPSA) is 92.5 Å². The summed E-state index contributed by atoms with van der Waals surface area (Å²) in [6.07, 6.45) is 0. The quantitative estimate of drug-likeness (QED) is 0.661. The normalized spacial score (nSPS) is 10.2. The van der Waals surface area contributed by atoms with Crippen LogP contribution in [0.2, 0.25) is 5.02 Å². The third-order valence-electron chi connectivity index (χ3n) is 2.63. The van der Waals surface area contributed by atoms with Crippen molar-refractivity contribution < 1.29 is 19.2 Å². The van der Waals surface area contributed by atoms with Gasteiger partial charge < -0.3 is 10.4 Å². The Hall–Kier alpha value is -2.67. The zero-order valence-corrected chi connectivity index (χ0v) is 11.1. The van der Waals surface area contributed by atoms with E-state index < -0.39 is 28.0 Å². The summed E-state index contributed by atoms with van der Waals surface area (Å²) in [5.74, 6) is -1.96. The van der Waals surface area contributed by atoms with E-state index in [1.54, 1.807) is 0 Å². The largest absolute Gasteiger partial charge is 0.477 e. The van der Waals surface area contributed by atoms with Gasteiger partial charge in [-0.3, -0.25) is 10.1 Å². The molecule has 6 nitrogen and oxygen atoms in total. The Bertz CT molecular complexity index is 736. The molecule has 0 aromatic heterocycles. The maximum Gasteiger partial charge on any atom is 0.342 e. The molecule has 2 N–H and O–H groups in total. The van der Waals surface area contributed by atoms with Crippen molar-refractivity contribution in [3.05, 3.63) is 62.9 Å². The summed E-state index contributed by atoms with van der Waals surface area (Å²) in [7, 11) is 0. The Kier molecular flexibility index (Phi) is 4.04. The van der Waals surface area contributed by atoms with Gasteiger partial charge in [0.15, 0.2) is 0 Å². The van der Waals surface area contributed by atoms with E-state index in [0.717, 1.165) is 18.2 Å². The lowest BCUT2D eigenvalue weighted by Gasteiger charge is -2.09. The molecule has 0 amide bonds. The van der Waals surface area contributed by atoms with Gasteiger partial charge in [-0.1, -0.05) is 11.6 Å². The van der Waals surface area contributed by atoms with Crippen LogP contribution in [0.5, 0.6) is 0 Å². The highest BCUT2D eigenvalue weighted by atomic mass is 35.5. The zero-order chi connectivity index (χ0) is 15.6. The van der Waals surface area contributed by atoms with Crippen LogP contribution in [0.15, 0.2) is 36.4 Å². The minimum Gasteiger partial charge on any atom is -0.477 e. The average Bonchev–Trinajstić information content (AvgIpc) is 2.42. The Morgan fingerprint density at radius 3 is 2.62 bits per heavy atom. The van der Waals surface area contributed by atoms with Crippen LogP contribution < -0.4 is 5.32 Å². The smallest absolute Gasteiger partial charge is 0.342 e. The van der Waals surface area contributed by atoms with Gasteiger partial charge in [0, 0.05) is 11.8 Å². The van der Waals surface area contributed by atoms with Gasteiger partial charge >= 0.3 is 5.97 Å². The lowest BCUT2D eigenvalue weighted by atomic mass is 10.1. The predicted molar refractivity (Wildman–Crippen MR) is 74.7 cm³/mol. The zero-order valence-electron chi connectivity index (χ0n) is 10.3. The molecule has 0 heterocycles. The number of anilines is 2. The SMILES string of the molecule is O=C(O)c1cc(Nc2cc(F)ccc2Cl)ccc1[N+](=O)[O-]. The molecule has 108 valence electrons. The summed E-state index contributed by atoms with van der Waals surface area (Å²) in [4.78, 5) is 21.0. The molecule has 0 fully saturated rings. The number of halogens is 2. The molecule has 2 aromatic rings. The lowest BCUT2D eigenvalue weighted by molar-refractivity contribution is -0.385. The molecule has 0 unspecified atom stereocenters. The first-order valence-corrected chi connectivity index (χ1v) is 6.00. The molecule has 21 heavy (non-hydrogen) atoms. The first-order valence-electron chi connectivity index (χ1n) is 5.62. The molecular formula is C13H8ClFN2O4. The number of nitrogens with zero attached hydrogens (tertiary/aromatic N) is 1. The lowest BCUT2D eigenvalue weighted by Crippen LogP contribution is -2.04. The van der Waals surface area contributed by atoms with Gasteiger partial charge in [-0.2, -0.15) is 0 Å². The van der Waals surface area contributed by atoms with Crippen molar-refractivity contribution >= 4 is 34.6 Å². The maximum atomic E-state index is 13.1. The fraction of sp³-hybridized carbons (Fsp3) is 0. The number of rotatable bonds is 4. The minimum absolute atomic E-state index is 0.224. The number of carboxylic acids is 1. The summed E-state index contributed by atoms with van der Waals surface area (Å²) in [6, 6.07) is 7.09. The van der Waals surface area contributed by atoms with Gasteiger partial charge in [-0.25, -0.2) is 9.18 Å². The molecule has 0 aliphatic heterocycles. The number of carboxylic acid groups (broad SMARTS) is 1. The fourth-order valence-electron chi connectivity index (χ4n) is 1.69. The van der Waals surface area contributed by atoms with E-state index in [1.807, 2.05) is 0 Å². The van der Waals surface area contributed by atoms with Crippen molar-refractivity contribution in [2.24, 2.45) is 0 Å². The van der Waals surface area contributed by atoms with Gasteiger partial charge in [-0.05, 0) is 30.3 Å². The molecule has 0 saturated heterocycles. The van der Waals surface area contributed by atoms with Crippen molar-refractivity contribution in [3.63, 3.8) is 0 Å². The van der Waals surface area contributed by atoms with E-state index >= 15 is 0 Å². The number of nitro benzene ring substituents is 1. The summed E-state index contributed by atoms with van der Waals surface area (Å²) in [5.41, 5.74) is -0.539. The van der Waals surface area contributed by atoms with Crippen LogP contribution in [-0.2, 0) is 0 Å². The summed E-state index contributed by atoms with van der Waals surface area (Å²) in [5, 5.41) is 22.7. The second-order valence-electron chi connectivity index (χ2n) is 4.04. The van der Waals surface area contributed by atoms with E-state index in [-0.39, 0.29) is 16.4 Å². The summed E-state index contributed by atoms with van der Waals surface area (Å²) >= 11 is 5.88.